The van der Waals surface area contributed by atoms with Crippen molar-refractivity contribution in [2.24, 2.45) is 10.9 Å². The van der Waals surface area contributed by atoms with Gasteiger partial charge < -0.3 is 15.7 Å². The second-order valence-corrected chi connectivity index (χ2v) is 4.79. The summed E-state index contributed by atoms with van der Waals surface area (Å²) < 4.78 is 5.28. The molecular weight excluding hydrogens is 200 g/mol. The Balaban J connectivity index is 1.97. The van der Waals surface area contributed by atoms with E-state index in [1.165, 1.54) is 0 Å². The Hall–Kier alpha value is -0.420. The van der Waals surface area contributed by atoms with Crippen molar-refractivity contribution >= 4 is 17.6 Å². The van der Waals surface area contributed by atoms with Crippen LogP contribution in [0.25, 0.3) is 0 Å². The normalized spacial score (nSPS) is 19.9. The maximum Gasteiger partial charge on any atom is 0.139 e. The molecule has 0 radical (unpaired) electrons. The van der Waals surface area contributed by atoms with Gasteiger partial charge in [-0.05, 0) is 25.0 Å². The topological polar surface area (TPSA) is 67.8 Å². The summed E-state index contributed by atoms with van der Waals surface area (Å²) in [5.41, 5.74) is 5.36. The maximum atomic E-state index is 8.32. The molecule has 1 fully saturated rings. The lowest BCUT2D eigenvalue weighted by atomic mass is 10.2. The number of amidine groups is 1. The molecule has 0 saturated carbocycles. The summed E-state index contributed by atoms with van der Waals surface area (Å²) >= 11 is 1.98. The van der Waals surface area contributed by atoms with Crippen LogP contribution in [0.15, 0.2) is 5.16 Å². The van der Waals surface area contributed by atoms with E-state index in [1.54, 1.807) is 0 Å². The Kier molecular flexibility index (Phi) is 5.78. The number of ether oxygens (including phenoxy) is 1. The number of nitrogens with zero attached hydrogens (tertiary/aromatic N) is 1. The zero-order valence-electron chi connectivity index (χ0n) is 8.32. The van der Waals surface area contributed by atoms with Crippen LogP contribution in [0.3, 0.4) is 0 Å². The van der Waals surface area contributed by atoms with Gasteiger partial charge >= 0.3 is 0 Å². The molecule has 0 aromatic heterocycles. The highest BCUT2D eigenvalue weighted by molar-refractivity contribution is 7.99. The molecule has 0 atom stereocenters. The molecule has 3 N–H and O–H groups in total. The van der Waals surface area contributed by atoms with Crippen molar-refractivity contribution < 1.29 is 9.94 Å². The summed E-state index contributed by atoms with van der Waals surface area (Å²) in [5.74, 6) is 1.42. The molecule has 0 spiro atoms. The first-order chi connectivity index (χ1) is 6.83. The number of thioether (sulfide) groups is 1. The SMILES string of the molecule is NC(CCCSC1CCOCC1)=NO. The molecule has 1 saturated heterocycles. The molecule has 1 heterocycles. The van der Waals surface area contributed by atoms with Gasteiger partial charge in [-0.25, -0.2) is 0 Å². The second kappa shape index (κ2) is 6.95. The zero-order chi connectivity index (χ0) is 10.2. The third-order valence-corrected chi connectivity index (χ3v) is 3.69. The van der Waals surface area contributed by atoms with E-state index in [0.29, 0.717) is 12.3 Å². The summed E-state index contributed by atoms with van der Waals surface area (Å²) in [6, 6.07) is 0. The number of hydrogen-bond acceptors (Lipinski definition) is 4. The standard InChI is InChI=1S/C9H18N2O2S/c10-9(11-12)2-1-7-14-8-3-5-13-6-4-8/h8,12H,1-7H2,(H2,10,11). The molecule has 1 rings (SSSR count). The van der Waals surface area contributed by atoms with E-state index in [0.717, 1.165) is 43.5 Å². The van der Waals surface area contributed by atoms with Crippen LogP contribution in [0.2, 0.25) is 0 Å². The average molecular weight is 218 g/mol. The first kappa shape index (κ1) is 11.7. The molecule has 4 nitrogen and oxygen atoms in total. The summed E-state index contributed by atoms with van der Waals surface area (Å²) in [7, 11) is 0. The van der Waals surface area contributed by atoms with Gasteiger partial charge in [-0.1, -0.05) is 5.16 Å². The average Bonchev–Trinajstić information content (AvgIpc) is 2.25. The first-order valence-corrected chi connectivity index (χ1v) is 6.03. The van der Waals surface area contributed by atoms with Crippen molar-refractivity contribution in [2.45, 2.75) is 30.9 Å². The molecule has 0 amide bonds. The van der Waals surface area contributed by atoms with Crippen molar-refractivity contribution in [3.63, 3.8) is 0 Å². The predicted molar refractivity (Wildman–Crippen MR) is 58.9 cm³/mol. The van der Waals surface area contributed by atoms with Crippen molar-refractivity contribution in [1.82, 2.24) is 0 Å². The van der Waals surface area contributed by atoms with Gasteiger partial charge in [0.1, 0.15) is 5.84 Å². The summed E-state index contributed by atoms with van der Waals surface area (Å²) in [6.45, 7) is 1.80. The fourth-order valence-corrected chi connectivity index (χ4v) is 2.57. The number of nitrogens with two attached hydrogens (primary N) is 1. The van der Waals surface area contributed by atoms with Crippen LogP contribution < -0.4 is 5.73 Å². The number of hydrogen-bond donors (Lipinski definition) is 2. The van der Waals surface area contributed by atoms with E-state index < -0.39 is 0 Å². The second-order valence-electron chi connectivity index (χ2n) is 3.38. The quantitative estimate of drug-likeness (QED) is 0.241. The molecule has 5 heteroatoms. The molecule has 14 heavy (non-hydrogen) atoms. The Morgan fingerprint density at radius 1 is 1.50 bits per heavy atom. The van der Waals surface area contributed by atoms with Gasteiger partial charge in [0, 0.05) is 24.9 Å². The van der Waals surface area contributed by atoms with Crippen LogP contribution in [0, 0.1) is 0 Å². The van der Waals surface area contributed by atoms with Crippen molar-refractivity contribution in [2.75, 3.05) is 19.0 Å². The largest absolute Gasteiger partial charge is 0.409 e. The summed E-state index contributed by atoms with van der Waals surface area (Å²) in [5, 5.41) is 12.0. The first-order valence-electron chi connectivity index (χ1n) is 4.98. The Bertz CT molecular complexity index is 182. The van der Waals surface area contributed by atoms with Crippen LogP contribution in [0.4, 0.5) is 0 Å². The Morgan fingerprint density at radius 2 is 2.21 bits per heavy atom. The molecule has 1 aliphatic heterocycles. The van der Waals surface area contributed by atoms with Crippen molar-refractivity contribution in [3.05, 3.63) is 0 Å². The smallest absolute Gasteiger partial charge is 0.139 e. The van der Waals surface area contributed by atoms with Crippen LogP contribution >= 0.6 is 11.8 Å². The van der Waals surface area contributed by atoms with Gasteiger partial charge in [-0.15, -0.1) is 0 Å². The van der Waals surface area contributed by atoms with E-state index >= 15 is 0 Å². The van der Waals surface area contributed by atoms with Gasteiger partial charge in [0.15, 0.2) is 0 Å². The molecule has 0 aromatic rings. The molecule has 0 aromatic carbocycles. The fraction of sp³-hybridized carbons (Fsp3) is 0.889. The van der Waals surface area contributed by atoms with Crippen LogP contribution in [0.1, 0.15) is 25.7 Å². The zero-order valence-corrected chi connectivity index (χ0v) is 9.13. The van der Waals surface area contributed by atoms with Crippen LogP contribution in [-0.4, -0.2) is 35.3 Å². The van der Waals surface area contributed by atoms with E-state index in [4.69, 9.17) is 15.7 Å². The van der Waals surface area contributed by atoms with Gasteiger partial charge in [0.25, 0.3) is 0 Å². The molecular formula is C9H18N2O2S. The Morgan fingerprint density at radius 3 is 2.86 bits per heavy atom. The minimum atomic E-state index is 0.331. The lowest BCUT2D eigenvalue weighted by molar-refractivity contribution is 0.100. The molecule has 0 bridgehead atoms. The van der Waals surface area contributed by atoms with Crippen LogP contribution in [-0.2, 0) is 4.74 Å². The number of rotatable bonds is 5. The van der Waals surface area contributed by atoms with E-state index in [2.05, 4.69) is 5.16 Å². The highest BCUT2D eigenvalue weighted by Crippen LogP contribution is 2.22. The van der Waals surface area contributed by atoms with Crippen molar-refractivity contribution in [3.8, 4) is 0 Å². The fourth-order valence-electron chi connectivity index (χ4n) is 1.40. The highest BCUT2D eigenvalue weighted by Gasteiger charge is 2.13. The van der Waals surface area contributed by atoms with Gasteiger partial charge in [-0.2, -0.15) is 11.8 Å². The van der Waals surface area contributed by atoms with Gasteiger partial charge in [0.05, 0.1) is 0 Å². The van der Waals surface area contributed by atoms with Gasteiger partial charge in [0.2, 0.25) is 0 Å². The molecule has 0 aliphatic carbocycles. The third kappa shape index (κ3) is 4.72. The lowest BCUT2D eigenvalue weighted by Gasteiger charge is -2.21. The number of oxime groups is 1. The van der Waals surface area contributed by atoms with E-state index in [-0.39, 0.29) is 0 Å². The predicted octanol–water partition coefficient (Wildman–Crippen LogP) is 1.43. The molecule has 1 aliphatic rings. The molecule has 82 valence electrons. The summed E-state index contributed by atoms with van der Waals surface area (Å²) in [6.07, 6.45) is 3.99. The summed E-state index contributed by atoms with van der Waals surface area (Å²) in [4.78, 5) is 0. The van der Waals surface area contributed by atoms with E-state index in [1.807, 2.05) is 11.8 Å². The Labute approximate surface area is 88.9 Å². The third-order valence-electron chi connectivity index (χ3n) is 2.23. The molecule has 0 unspecified atom stereocenters. The minimum absolute atomic E-state index is 0.331. The lowest BCUT2D eigenvalue weighted by Crippen LogP contribution is -2.18. The minimum Gasteiger partial charge on any atom is -0.409 e. The van der Waals surface area contributed by atoms with Crippen molar-refractivity contribution in [1.29, 1.82) is 0 Å². The van der Waals surface area contributed by atoms with Crippen LogP contribution in [0.5, 0.6) is 0 Å². The monoisotopic (exact) mass is 218 g/mol. The van der Waals surface area contributed by atoms with Gasteiger partial charge in [-0.3, -0.25) is 0 Å². The van der Waals surface area contributed by atoms with E-state index in [9.17, 15) is 0 Å². The maximum absolute atomic E-state index is 8.32. The highest BCUT2D eigenvalue weighted by atomic mass is 32.2.